The predicted octanol–water partition coefficient (Wildman–Crippen LogP) is 3.73. The van der Waals surface area contributed by atoms with Crippen molar-refractivity contribution in [2.24, 2.45) is 0 Å². The number of rotatable bonds is 2. The van der Waals surface area contributed by atoms with Crippen LogP contribution in [0.3, 0.4) is 0 Å². The molecule has 122 valence electrons. The van der Waals surface area contributed by atoms with Gasteiger partial charge in [-0.1, -0.05) is 58.4 Å². The molecule has 0 unspecified atom stereocenters. The summed E-state index contributed by atoms with van der Waals surface area (Å²) in [7, 11) is 0. The number of carbonyl (C=O) groups is 1. The van der Waals surface area contributed by atoms with Crippen molar-refractivity contribution in [2.75, 3.05) is 6.54 Å². The number of aliphatic hydroxyl groups is 1. The van der Waals surface area contributed by atoms with E-state index in [1.54, 1.807) is 0 Å². The second kappa shape index (κ2) is 6.19. The first-order chi connectivity index (χ1) is 11.6. The normalized spacial score (nSPS) is 23.6. The molecule has 0 saturated carbocycles. The van der Waals surface area contributed by atoms with Gasteiger partial charge in [-0.25, -0.2) is 0 Å². The SMILES string of the molecule is O=C1C(c2ccccc2)=C(c2ccc(Br)cc2)C[C@@H]2C[C@@H](O)CN12. The van der Waals surface area contributed by atoms with E-state index in [-0.39, 0.29) is 11.9 Å². The highest BCUT2D eigenvalue weighted by molar-refractivity contribution is 9.10. The van der Waals surface area contributed by atoms with E-state index in [0.717, 1.165) is 33.2 Å². The minimum atomic E-state index is -0.416. The summed E-state index contributed by atoms with van der Waals surface area (Å²) in [5, 5.41) is 10.0. The smallest absolute Gasteiger partial charge is 0.255 e. The van der Waals surface area contributed by atoms with Crippen molar-refractivity contribution in [2.45, 2.75) is 25.0 Å². The van der Waals surface area contributed by atoms with Crippen LogP contribution in [0.2, 0.25) is 0 Å². The molecule has 0 aromatic heterocycles. The van der Waals surface area contributed by atoms with Gasteiger partial charge >= 0.3 is 0 Å². The van der Waals surface area contributed by atoms with Crippen LogP contribution < -0.4 is 0 Å². The monoisotopic (exact) mass is 383 g/mol. The van der Waals surface area contributed by atoms with Crippen LogP contribution in [0.5, 0.6) is 0 Å². The number of amides is 1. The van der Waals surface area contributed by atoms with E-state index in [1.165, 1.54) is 0 Å². The molecule has 4 rings (SSSR count). The molecule has 2 aliphatic heterocycles. The van der Waals surface area contributed by atoms with Crippen LogP contribution in [0, 0.1) is 0 Å². The molecule has 4 heteroatoms. The molecule has 2 heterocycles. The maximum absolute atomic E-state index is 13.2. The zero-order valence-electron chi connectivity index (χ0n) is 13.2. The van der Waals surface area contributed by atoms with Crippen LogP contribution >= 0.6 is 15.9 Å². The summed E-state index contributed by atoms with van der Waals surface area (Å²) in [6.07, 6.45) is 1.03. The molecular weight excluding hydrogens is 366 g/mol. The second-order valence-electron chi connectivity index (χ2n) is 6.43. The molecule has 2 atom stereocenters. The molecule has 1 N–H and O–H groups in total. The van der Waals surface area contributed by atoms with Crippen LogP contribution in [0.25, 0.3) is 11.1 Å². The first-order valence-corrected chi connectivity index (χ1v) is 8.96. The first-order valence-electron chi connectivity index (χ1n) is 8.17. The molecule has 0 bridgehead atoms. The van der Waals surface area contributed by atoms with Gasteiger partial charge in [-0.05, 0) is 41.7 Å². The third-order valence-corrected chi connectivity index (χ3v) is 5.39. The Balaban J connectivity index is 1.87. The van der Waals surface area contributed by atoms with Crippen molar-refractivity contribution in [3.05, 3.63) is 70.2 Å². The Kier molecular flexibility index (Phi) is 4.02. The summed E-state index contributed by atoms with van der Waals surface area (Å²) in [6.45, 7) is 0.438. The van der Waals surface area contributed by atoms with Gasteiger partial charge in [-0.15, -0.1) is 0 Å². The van der Waals surface area contributed by atoms with Gasteiger partial charge in [0.05, 0.1) is 11.7 Å². The van der Waals surface area contributed by atoms with Gasteiger partial charge in [0.25, 0.3) is 5.91 Å². The van der Waals surface area contributed by atoms with Crippen molar-refractivity contribution in [1.82, 2.24) is 4.90 Å². The Morgan fingerprint density at radius 3 is 2.42 bits per heavy atom. The third-order valence-electron chi connectivity index (χ3n) is 4.86. The third kappa shape index (κ3) is 2.70. The predicted molar refractivity (Wildman–Crippen MR) is 98.1 cm³/mol. The van der Waals surface area contributed by atoms with Gasteiger partial charge < -0.3 is 10.0 Å². The molecule has 0 radical (unpaired) electrons. The molecule has 0 spiro atoms. The molecular formula is C20H18BrNO2. The van der Waals surface area contributed by atoms with Crippen LogP contribution in [-0.4, -0.2) is 34.6 Å². The Labute approximate surface area is 149 Å². The highest BCUT2D eigenvalue weighted by atomic mass is 79.9. The van der Waals surface area contributed by atoms with Crippen LogP contribution in [-0.2, 0) is 4.79 Å². The van der Waals surface area contributed by atoms with Crippen molar-refractivity contribution >= 4 is 33.0 Å². The van der Waals surface area contributed by atoms with Crippen molar-refractivity contribution < 1.29 is 9.90 Å². The highest BCUT2D eigenvalue weighted by Gasteiger charge is 2.41. The fourth-order valence-corrected chi connectivity index (χ4v) is 4.02. The number of nitrogens with zero attached hydrogens (tertiary/aromatic N) is 1. The van der Waals surface area contributed by atoms with Gasteiger partial charge in [0.2, 0.25) is 0 Å². The summed E-state index contributed by atoms with van der Waals surface area (Å²) >= 11 is 3.47. The lowest BCUT2D eigenvalue weighted by Crippen LogP contribution is -2.40. The van der Waals surface area contributed by atoms with E-state index in [2.05, 4.69) is 28.1 Å². The highest BCUT2D eigenvalue weighted by Crippen LogP contribution is 2.40. The summed E-state index contributed by atoms with van der Waals surface area (Å²) in [5.41, 5.74) is 3.86. The van der Waals surface area contributed by atoms with E-state index in [0.29, 0.717) is 13.0 Å². The number of halogens is 1. The molecule has 2 aliphatic rings. The van der Waals surface area contributed by atoms with E-state index >= 15 is 0 Å². The van der Waals surface area contributed by atoms with Gasteiger partial charge in [0.1, 0.15) is 0 Å². The van der Waals surface area contributed by atoms with Crippen molar-refractivity contribution in [3.8, 4) is 0 Å². The van der Waals surface area contributed by atoms with Gasteiger partial charge in [-0.3, -0.25) is 4.79 Å². The Bertz CT molecular complexity index is 798. The summed E-state index contributed by atoms with van der Waals surface area (Å²) < 4.78 is 1.02. The summed E-state index contributed by atoms with van der Waals surface area (Å²) in [4.78, 5) is 15.0. The fraction of sp³-hybridized carbons (Fsp3) is 0.250. The standard InChI is InChI=1S/C20H18BrNO2/c21-15-8-6-13(7-9-15)18-11-16-10-17(23)12-22(16)20(24)19(18)14-4-2-1-3-5-14/h1-9,16-17,23H,10-12H2/t16-,17+/m0/s1. The lowest BCUT2D eigenvalue weighted by molar-refractivity contribution is -0.126. The summed E-state index contributed by atoms with van der Waals surface area (Å²) in [5.74, 6) is 0.0342. The number of hydrogen-bond acceptors (Lipinski definition) is 2. The average molecular weight is 384 g/mol. The Morgan fingerprint density at radius 2 is 1.71 bits per heavy atom. The van der Waals surface area contributed by atoms with Crippen molar-refractivity contribution in [1.29, 1.82) is 0 Å². The Hall–Kier alpha value is -1.91. The molecule has 2 aromatic carbocycles. The van der Waals surface area contributed by atoms with E-state index in [9.17, 15) is 9.90 Å². The Morgan fingerprint density at radius 1 is 1.00 bits per heavy atom. The van der Waals surface area contributed by atoms with Crippen LogP contribution in [0.15, 0.2) is 59.1 Å². The van der Waals surface area contributed by atoms with E-state index < -0.39 is 6.10 Å². The number of fused-ring (bicyclic) bond motifs is 1. The van der Waals surface area contributed by atoms with Gasteiger partial charge in [-0.2, -0.15) is 0 Å². The first kappa shape index (κ1) is 15.6. The van der Waals surface area contributed by atoms with E-state index in [4.69, 9.17) is 0 Å². The molecule has 1 fully saturated rings. The van der Waals surface area contributed by atoms with E-state index in [1.807, 2.05) is 47.4 Å². The second-order valence-corrected chi connectivity index (χ2v) is 7.35. The minimum Gasteiger partial charge on any atom is -0.391 e. The molecule has 0 aliphatic carbocycles. The minimum absolute atomic E-state index is 0.0342. The maximum Gasteiger partial charge on any atom is 0.255 e. The molecule has 1 saturated heterocycles. The molecule has 2 aromatic rings. The quantitative estimate of drug-likeness (QED) is 0.858. The fourth-order valence-electron chi connectivity index (χ4n) is 3.76. The molecule has 1 amide bonds. The van der Waals surface area contributed by atoms with Gasteiger partial charge in [0.15, 0.2) is 0 Å². The summed E-state index contributed by atoms with van der Waals surface area (Å²) in [6, 6.07) is 18.1. The largest absolute Gasteiger partial charge is 0.391 e. The number of benzene rings is 2. The number of aliphatic hydroxyl groups excluding tert-OH is 1. The van der Waals surface area contributed by atoms with Crippen LogP contribution in [0.1, 0.15) is 24.0 Å². The zero-order chi connectivity index (χ0) is 16.7. The lowest BCUT2D eigenvalue weighted by Gasteiger charge is -2.33. The van der Waals surface area contributed by atoms with Crippen molar-refractivity contribution in [3.63, 3.8) is 0 Å². The van der Waals surface area contributed by atoms with Gasteiger partial charge in [0, 0.05) is 17.1 Å². The molecule has 3 nitrogen and oxygen atoms in total. The topological polar surface area (TPSA) is 40.5 Å². The number of hydrogen-bond donors (Lipinski definition) is 1. The number of carbonyl (C=O) groups excluding carboxylic acids is 1. The van der Waals surface area contributed by atoms with Crippen LogP contribution in [0.4, 0.5) is 0 Å². The lowest BCUT2D eigenvalue weighted by atomic mass is 9.85. The zero-order valence-corrected chi connectivity index (χ0v) is 14.7. The maximum atomic E-state index is 13.2. The molecule has 24 heavy (non-hydrogen) atoms. The average Bonchev–Trinajstić information content (AvgIpc) is 2.97.